The summed E-state index contributed by atoms with van der Waals surface area (Å²) in [4.78, 5) is 4.18. The topological polar surface area (TPSA) is 12.9 Å². The maximum Gasteiger partial charge on any atom is 0.130 e. The van der Waals surface area contributed by atoms with Crippen LogP contribution in [0.5, 0.6) is 0 Å². The van der Waals surface area contributed by atoms with Crippen LogP contribution in [0.3, 0.4) is 0 Å². The average molecular weight is 189 g/mol. The third kappa shape index (κ3) is 1.60. The maximum absolute atomic E-state index is 13.6. The Hall–Kier alpha value is -1.44. The van der Waals surface area contributed by atoms with Gasteiger partial charge in [0.25, 0.3) is 0 Å². The molecule has 2 heteroatoms. The minimum absolute atomic E-state index is 0.693. The highest BCUT2D eigenvalue weighted by Crippen LogP contribution is 2.26. The van der Waals surface area contributed by atoms with Crippen molar-refractivity contribution in [2.24, 2.45) is 0 Å². The molecule has 0 amide bonds. The Balaban J connectivity index is 2.63. The third-order valence-corrected chi connectivity index (χ3v) is 2.29. The van der Waals surface area contributed by atoms with Gasteiger partial charge in [-0.15, -0.1) is 0 Å². The molecule has 0 atom stereocenters. The molecule has 0 saturated carbocycles. The molecule has 1 aromatic carbocycles. The zero-order chi connectivity index (χ0) is 10.2. The number of aromatic nitrogens is 1. The predicted octanol–water partition coefficient (Wildman–Crippen LogP) is 3.44. The largest absolute Gasteiger partial charge is 0.256 e. The fourth-order valence-electron chi connectivity index (χ4n) is 1.45. The van der Waals surface area contributed by atoms with Gasteiger partial charge in [0.05, 0.1) is 5.52 Å². The molecule has 1 aromatic heterocycles. The molecule has 0 radical (unpaired) electrons. The Labute approximate surface area is 82.6 Å². The zero-order valence-corrected chi connectivity index (χ0v) is 8.29. The third-order valence-electron chi connectivity index (χ3n) is 2.29. The number of hydrogen-bond donors (Lipinski definition) is 0. The molecule has 0 spiro atoms. The van der Waals surface area contributed by atoms with Crippen LogP contribution in [0.25, 0.3) is 10.9 Å². The van der Waals surface area contributed by atoms with Gasteiger partial charge < -0.3 is 0 Å². The first kappa shape index (κ1) is 9.13. The van der Waals surface area contributed by atoms with Crippen molar-refractivity contribution in [2.45, 2.75) is 19.5 Å². The highest BCUT2D eigenvalue weighted by molar-refractivity contribution is 5.79. The molecule has 0 aliphatic rings. The van der Waals surface area contributed by atoms with Crippen LogP contribution in [-0.2, 0) is 5.67 Å². The van der Waals surface area contributed by atoms with Gasteiger partial charge in [-0.05, 0) is 37.6 Å². The minimum Gasteiger partial charge on any atom is -0.256 e. The molecule has 0 unspecified atom stereocenters. The summed E-state index contributed by atoms with van der Waals surface area (Å²) < 4.78 is 13.6. The van der Waals surface area contributed by atoms with Crippen LogP contribution in [-0.4, -0.2) is 4.98 Å². The van der Waals surface area contributed by atoms with E-state index in [2.05, 4.69) is 4.98 Å². The predicted molar refractivity (Wildman–Crippen MR) is 55.9 cm³/mol. The van der Waals surface area contributed by atoms with Gasteiger partial charge in [-0.2, -0.15) is 0 Å². The molecule has 0 aliphatic carbocycles. The lowest BCUT2D eigenvalue weighted by Crippen LogP contribution is -2.08. The van der Waals surface area contributed by atoms with Gasteiger partial charge in [-0.25, -0.2) is 4.39 Å². The summed E-state index contributed by atoms with van der Waals surface area (Å²) in [6, 6.07) is 9.29. The molecular formula is C12H12FN. The Bertz CT molecular complexity index is 457. The van der Waals surface area contributed by atoms with Gasteiger partial charge in [0.1, 0.15) is 5.67 Å². The number of benzene rings is 1. The van der Waals surface area contributed by atoms with Crippen molar-refractivity contribution in [3.05, 3.63) is 42.1 Å². The summed E-state index contributed by atoms with van der Waals surface area (Å²) in [7, 11) is 0. The van der Waals surface area contributed by atoms with E-state index < -0.39 is 5.67 Å². The highest BCUT2D eigenvalue weighted by Gasteiger charge is 2.18. The van der Waals surface area contributed by atoms with Crippen molar-refractivity contribution in [1.82, 2.24) is 4.98 Å². The van der Waals surface area contributed by atoms with Gasteiger partial charge in [0.2, 0.25) is 0 Å². The number of rotatable bonds is 1. The summed E-state index contributed by atoms with van der Waals surface area (Å²) in [5, 5.41) is 0.982. The molecule has 2 rings (SSSR count). The number of nitrogens with zero attached hydrogens (tertiary/aromatic N) is 1. The number of fused-ring (bicyclic) bond motifs is 1. The first-order valence-electron chi connectivity index (χ1n) is 4.61. The van der Waals surface area contributed by atoms with Crippen molar-refractivity contribution in [1.29, 1.82) is 0 Å². The zero-order valence-electron chi connectivity index (χ0n) is 8.29. The molecule has 0 fully saturated rings. The molecule has 1 heterocycles. The highest BCUT2D eigenvalue weighted by atomic mass is 19.1. The molecule has 0 aliphatic heterocycles. The maximum atomic E-state index is 13.6. The van der Waals surface area contributed by atoms with E-state index >= 15 is 0 Å². The van der Waals surface area contributed by atoms with Crippen molar-refractivity contribution in [3.8, 4) is 0 Å². The Morgan fingerprint density at radius 2 is 2.00 bits per heavy atom. The number of halogens is 1. The lowest BCUT2D eigenvalue weighted by Gasteiger charge is -2.14. The summed E-state index contributed by atoms with van der Waals surface area (Å²) in [6.07, 6.45) is 1.74. The molecule has 14 heavy (non-hydrogen) atoms. The lowest BCUT2D eigenvalue weighted by atomic mass is 9.98. The van der Waals surface area contributed by atoms with Crippen molar-refractivity contribution >= 4 is 10.9 Å². The second-order valence-corrected chi connectivity index (χ2v) is 3.88. The van der Waals surface area contributed by atoms with E-state index in [4.69, 9.17) is 0 Å². The number of hydrogen-bond acceptors (Lipinski definition) is 1. The Morgan fingerprint density at radius 3 is 2.71 bits per heavy atom. The van der Waals surface area contributed by atoms with Crippen LogP contribution in [0.2, 0.25) is 0 Å². The summed E-state index contributed by atoms with van der Waals surface area (Å²) in [5.74, 6) is 0. The van der Waals surface area contributed by atoms with Crippen LogP contribution >= 0.6 is 0 Å². The van der Waals surface area contributed by atoms with Crippen LogP contribution in [0.15, 0.2) is 36.5 Å². The Kier molecular flexibility index (Phi) is 1.99. The molecule has 0 N–H and O–H groups in total. The molecule has 0 bridgehead atoms. The van der Waals surface area contributed by atoms with Gasteiger partial charge in [0.15, 0.2) is 0 Å². The summed E-state index contributed by atoms with van der Waals surface area (Å²) >= 11 is 0. The fourth-order valence-corrected chi connectivity index (χ4v) is 1.45. The van der Waals surface area contributed by atoms with Crippen molar-refractivity contribution in [3.63, 3.8) is 0 Å². The van der Waals surface area contributed by atoms with Crippen LogP contribution in [0, 0.1) is 0 Å². The molecule has 1 nitrogen and oxygen atoms in total. The summed E-state index contributed by atoms with van der Waals surface area (Å²) in [5.41, 5.74) is 0.308. The van der Waals surface area contributed by atoms with Gasteiger partial charge in [0, 0.05) is 11.6 Å². The molecular weight excluding hydrogens is 177 g/mol. The number of alkyl halides is 1. The second-order valence-electron chi connectivity index (χ2n) is 3.88. The van der Waals surface area contributed by atoms with E-state index in [1.807, 2.05) is 24.3 Å². The minimum atomic E-state index is -1.29. The van der Waals surface area contributed by atoms with Gasteiger partial charge in [-0.1, -0.05) is 12.1 Å². The van der Waals surface area contributed by atoms with E-state index in [9.17, 15) is 4.39 Å². The quantitative estimate of drug-likeness (QED) is 0.669. The first-order valence-corrected chi connectivity index (χ1v) is 4.61. The van der Waals surface area contributed by atoms with Crippen LogP contribution in [0.4, 0.5) is 4.39 Å². The smallest absolute Gasteiger partial charge is 0.130 e. The van der Waals surface area contributed by atoms with E-state index in [1.54, 1.807) is 26.1 Å². The normalized spacial score (nSPS) is 11.9. The Morgan fingerprint density at radius 1 is 1.21 bits per heavy atom. The average Bonchev–Trinajstić information content (AvgIpc) is 2.16. The first-order chi connectivity index (χ1) is 6.57. The van der Waals surface area contributed by atoms with E-state index in [1.165, 1.54) is 0 Å². The fraction of sp³-hybridized carbons (Fsp3) is 0.250. The summed E-state index contributed by atoms with van der Waals surface area (Å²) in [6.45, 7) is 3.12. The number of pyridine rings is 1. The SMILES string of the molecule is CC(C)(F)c1ccc2ncccc2c1. The second kappa shape index (κ2) is 3.05. The van der Waals surface area contributed by atoms with Gasteiger partial charge >= 0.3 is 0 Å². The standard InChI is InChI=1S/C12H12FN/c1-12(2,13)10-5-6-11-9(8-10)4-3-7-14-11/h3-8H,1-2H3. The van der Waals surface area contributed by atoms with Gasteiger partial charge in [-0.3, -0.25) is 4.98 Å². The van der Waals surface area contributed by atoms with Crippen LogP contribution in [0.1, 0.15) is 19.4 Å². The van der Waals surface area contributed by atoms with E-state index in [-0.39, 0.29) is 0 Å². The van der Waals surface area contributed by atoms with Crippen LogP contribution < -0.4 is 0 Å². The van der Waals surface area contributed by atoms with Crippen molar-refractivity contribution < 1.29 is 4.39 Å². The monoisotopic (exact) mass is 189 g/mol. The van der Waals surface area contributed by atoms with E-state index in [0.29, 0.717) is 5.56 Å². The lowest BCUT2D eigenvalue weighted by molar-refractivity contribution is 0.221. The molecule has 0 saturated heterocycles. The van der Waals surface area contributed by atoms with Crippen molar-refractivity contribution in [2.75, 3.05) is 0 Å². The van der Waals surface area contributed by atoms with E-state index in [0.717, 1.165) is 10.9 Å². The molecule has 2 aromatic rings. The molecule has 72 valence electrons.